The monoisotopic (exact) mass is 286 g/mol. The molecule has 0 unspecified atom stereocenters. The molecule has 114 valence electrons. The molecule has 1 N–H and O–H groups in total. The molecule has 2 fully saturated rings. The summed E-state index contributed by atoms with van der Waals surface area (Å²) in [5.41, 5.74) is 2.74. The van der Waals surface area contributed by atoms with Gasteiger partial charge in [-0.25, -0.2) is 0 Å². The fraction of sp³-hybridized carbons (Fsp3) is 0.611. The van der Waals surface area contributed by atoms with Crippen LogP contribution in [-0.4, -0.2) is 26.0 Å². The number of nitrogens with one attached hydrogen (secondary N) is 1. The molecule has 2 saturated carbocycles. The highest BCUT2D eigenvalue weighted by Crippen LogP contribution is 2.52. The molecule has 3 nitrogen and oxygen atoms in total. The predicted molar refractivity (Wildman–Crippen MR) is 86.6 cm³/mol. The quantitative estimate of drug-likeness (QED) is 0.925. The van der Waals surface area contributed by atoms with E-state index in [9.17, 15) is 4.79 Å². The maximum atomic E-state index is 11.3. The highest BCUT2D eigenvalue weighted by molar-refractivity contribution is 5.73. The van der Waals surface area contributed by atoms with E-state index in [2.05, 4.69) is 48.6 Å². The Morgan fingerprint density at radius 3 is 2.33 bits per heavy atom. The van der Waals surface area contributed by atoms with E-state index in [-0.39, 0.29) is 5.91 Å². The molecule has 3 rings (SSSR count). The van der Waals surface area contributed by atoms with Crippen molar-refractivity contribution in [2.45, 2.75) is 44.6 Å². The van der Waals surface area contributed by atoms with Gasteiger partial charge in [-0.3, -0.25) is 4.79 Å². The van der Waals surface area contributed by atoms with Crippen LogP contribution in [0.2, 0.25) is 0 Å². The van der Waals surface area contributed by atoms with E-state index in [1.807, 2.05) is 0 Å². The van der Waals surface area contributed by atoms with Crippen LogP contribution in [0.3, 0.4) is 0 Å². The number of carbonyl (C=O) groups excluding carboxylic acids is 1. The van der Waals surface area contributed by atoms with Gasteiger partial charge in [0.05, 0.1) is 0 Å². The minimum Gasteiger partial charge on any atom is -0.378 e. The van der Waals surface area contributed by atoms with Gasteiger partial charge in [-0.05, 0) is 61.1 Å². The van der Waals surface area contributed by atoms with Crippen LogP contribution in [0.25, 0.3) is 0 Å². The fourth-order valence-electron chi connectivity index (χ4n) is 4.47. The molecule has 0 heterocycles. The number of hydrogen-bond acceptors (Lipinski definition) is 2. The lowest BCUT2D eigenvalue weighted by Crippen LogP contribution is -2.36. The van der Waals surface area contributed by atoms with Crippen LogP contribution in [0.5, 0.6) is 0 Å². The van der Waals surface area contributed by atoms with Crippen molar-refractivity contribution in [1.82, 2.24) is 5.32 Å². The first-order chi connectivity index (χ1) is 10.1. The van der Waals surface area contributed by atoms with Crippen LogP contribution in [0.4, 0.5) is 5.69 Å². The predicted octanol–water partition coefficient (Wildman–Crippen LogP) is 3.16. The van der Waals surface area contributed by atoms with Crippen molar-refractivity contribution in [1.29, 1.82) is 0 Å². The van der Waals surface area contributed by atoms with E-state index in [1.165, 1.54) is 30.5 Å². The van der Waals surface area contributed by atoms with Gasteiger partial charge in [0.1, 0.15) is 0 Å². The summed E-state index contributed by atoms with van der Waals surface area (Å²) in [6.45, 7) is 1.64. The third kappa shape index (κ3) is 2.78. The molecule has 0 bridgehead atoms. The summed E-state index contributed by atoms with van der Waals surface area (Å²) in [5, 5.41) is 3.16. The molecule has 4 atom stereocenters. The summed E-state index contributed by atoms with van der Waals surface area (Å²) in [6.07, 6.45) is 4.94. The summed E-state index contributed by atoms with van der Waals surface area (Å²) < 4.78 is 0. The first kappa shape index (κ1) is 14.4. The lowest BCUT2D eigenvalue weighted by Gasteiger charge is -2.22. The standard InChI is InChI=1S/C18H26N2O/c1-12(21)19-18-11-10-16-15(8-9-17(16)18)13-4-6-14(7-5-13)20(2)3/h4-7,15-18H,8-11H2,1-3H3,(H,19,21)/t15-,16-,17+,18-/m0/s1. The first-order valence-corrected chi connectivity index (χ1v) is 8.10. The van der Waals surface area contributed by atoms with E-state index in [0.29, 0.717) is 17.9 Å². The minimum absolute atomic E-state index is 0.124. The molecule has 3 heteroatoms. The highest BCUT2D eigenvalue weighted by Gasteiger charge is 2.45. The summed E-state index contributed by atoms with van der Waals surface area (Å²) >= 11 is 0. The molecule has 21 heavy (non-hydrogen) atoms. The van der Waals surface area contributed by atoms with Crippen molar-refractivity contribution < 1.29 is 4.79 Å². The number of amides is 1. The second-order valence-corrected chi connectivity index (χ2v) is 6.88. The van der Waals surface area contributed by atoms with Crippen molar-refractivity contribution >= 4 is 11.6 Å². The van der Waals surface area contributed by atoms with Crippen molar-refractivity contribution in [3.05, 3.63) is 29.8 Å². The number of carbonyl (C=O) groups is 1. The molecule has 0 radical (unpaired) electrons. The van der Waals surface area contributed by atoms with Gasteiger partial charge in [0.2, 0.25) is 5.91 Å². The Morgan fingerprint density at radius 1 is 1.05 bits per heavy atom. The zero-order chi connectivity index (χ0) is 15.0. The molecule has 2 aliphatic carbocycles. The average molecular weight is 286 g/mol. The van der Waals surface area contributed by atoms with Crippen LogP contribution in [0.15, 0.2) is 24.3 Å². The highest BCUT2D eigenvalue weighted by atomic mass is 16.1. The Labute approximate surface area is 127 Å². The zero-order valence-corrected chi connectivity index (χ0v) is 13.3. The average Bonchev–Trinajstić information content (AvgIpc) is 3.01. The summed E-state index contributed by atoms with van der Waals surface area (Å²) in [7, 11) is 4.16. The number of benzene rings is 1. The van der Waals surface area contributed by atoms with Crippen LogP contribution in [0.1, 0.15) is 44.1 Å². The van der Waals surface area contributed by atoms with Crippen LogP contribution >= 0.6 is 0 Å². The molecule has 0 aromatic heterocycles. The Hall–Kier alpha value is -1.51. The van der Waals surface area contributed by atoms with Gasteiger partial charge in [0.15, 0.2) is 0 Å². The maximum absolute atomic E-state index is 11.3. The van der Waals surface area contributed by atoms with Crippen molar-refractivity contribution in [3.8, 4) is 0 Å². The normalized spacial score (nSPS) is 31.0. The van der Waals surface area contributed by atoms with Gasteiger partial charge in [-0.15, -0.1) is 0 Å². The van der Waals surface area contributed by atoms with Crippen molar-refractivity contribution in [2.75, 3.05) is 19.0 Å². The van der Waals surface area contributed by atoms with Crippen LogP contribution < -0.4 is 10.2 Å². The molecule has 0 aliphatic heterocycles. The first-order valence-electron chi connectivity index (χ1n) is 8.10. The van der Waals surface area contributed by atoms with Gasteiger partial charge < -0.3 is 10.2 Å². The lowest BCUT2D eigenvalue weighted by atomic mass is 9.86. The molecular formula is C18H26N2O. The second-order valence-electron chi connectivity index (χ2n) is 6.88. The number of fused-ring (bicyclic) bond motifs is 1. The Bertz CT molecular complexity index is 508. The number of rotatable bonds is 3. The second kappa shape index (κ2) is 5.70. The maximum Gasteiger partial charge on any atom is 0.217 e. The molecule has 1 amide bonds. The fourth-order valence-corrected chi connectivity index (χ4v) is 4.47. The van der Waals surface area contributed by atoms with Crippen LogP contribution in [-0.2, 0) is 4.79 Å². The van der Waals surface area contributed by atoms with E-state index in [4.69, 9.17) is 0 Å². The van der Waals surface area contributed by atoms with Gasteiger partial charge in [-0.2, -0.15) is 0 Å². The smallest absolute Gasteiger partial charge is 0.217 e. The number of hydrogen-bond donors (Lipinski definition) is 1. The van der Waals surface area contributed by atoms with Crippen LogP contribution in [0, 0.1) is 11.8 Å². The molecule has 1 aromatic carbocycles. The Morgan fingerprint density at radius 2 is 1.71 bits per heavy atom. The number of nitrogens with zero attached hydrogens (tertiary/aromatic N) is 1. The van der Waals surface area contributed by atoms with Gasteiger partial charge >= 0.3 is 0 Å². The molecule has 0 saturated heterocycles. The van der Waals surface area contributed by atoms with Crippen molar-refractivity contribution in [3.63, 3.8) is 0 Å². The van der Waals surface area contributed by atoms with Crippen molar-refractivity contribution in [2.24, 2.45) is 11.8 Å². The summed E-state index contributed by atoms with van der Waals surface area (Å²) in [4.78, 5) is 13.5. The molecule has 1 aromatic rings. The topological polar surface area (TPSA) is 32.3 Å². The zero-order valence-electron chi connectivity index (χ0n) is 13.3. The SMILES string of the molecule is CC(=O)N[C@H]1CC[C@@H]2[C@H]1CC[C@H]2c1ccc(N(C)C)cc1. The van der Waals surface area contributed by atoms with E-state index in [0.717, 1.165) is 12.3 Å². The third-order valence-corrected chi connectivity index (χ3v) is 5.43. The van der Waals surface area contributed by atoms with Gasteiger partial charge in [0, 0.05) is 32.7 Å². The summed E-state index contributed by atoms with van der Waals surface area (Å²) in [5.74, 6) is 2.25. The lowest BCUT2D eigenvalue weighted by molar-refractivity contribution is -0.119. The number of anilines is 1. The van der Waals surface area contributed by atoms with E-state index < -0.39 is 0 Å². The van der Waals surface area contributed by atoms with E-state index >= 15 is 0 Å². The largest absolute Gasteiger partial charge is 0.378 e. The van der Waals surface area contributed by atoms with Gasteiger partial charge in [0.25, 0.3) is 0 Å². The van der Waals surface area contributed by atoms with E-state index in [1.54, 1.807) is 6.92 Å². The molecule has 0 spiro atoms. The third-order valence-electron chi connectivity index (χ3n) is 5.43. The minimum atomic E-state index is 0.124. The Kier molecular flexibility index (Phi) is 3.92. The molecule has 2 aliphatic rings. The Balaban J connectivity index is 1.72. The molecular weight excluding hydrogens is 260 g/mol. The summed E-state index contributed by atoms with van der Waals surface area (Å²) in [6, 6.07) is 9.46. The van der Waals surface area contributed by atoms with Gasteiger partial charge in [-0.1, -0.05) is 12.1 Å².